The summed E-state index contributed by atoms with van der Waals surface area (Å²) >= 11 is 0. The molecule has 2 aliphatic heterocycles. The Balaban J connectivity index is 1.57. The van der Waals surface area contributed by atoms with E-state index in [2.05, 4.69) is 53.8 Å². The van der Waals surface area contributed by atoms with E-state index < -0.39 is 0 Å². The monoisotopic (exact) mass is 532 g/mol. The summed E-state index contributed by atoms with van der Waals surface area (Å²) in [5.74, 6) is -0.145. The van der Waals surface area contributed by atoms with Crippen LogP contribution in [0.4, 0.5) is 5.69 Å². The fourth-order valence-corrected chi connectivity index (χ4v) is 5.41. The Morgan fingerprint density at radius 2 is 1.79 bits per heavy atom. The molecule has 39 heavy (non-hydrogen) atoms. The standard InChI is InChI=1S/C31H44N6O2/c1-5-7-10-24-13-14-33-28-18-29(23(3)17-27(24)28)36(21-30(38)34-16-15-32-6-2)22-31(39)35(4)37-19-25-11-8-9-12-26(25)20-37/h8-9,11-12,17-18,32H,5-7,10,13-16,19-22H2,1-4H3,(H,34,38). The molecule has 8 heteroatoms. The Morgan fingerprint density at radius 3 is 2.49 bits per heavy atom. The Bertz CT molecular complexity index is 1270. The lowest BCUT2D eigenvalue weighted by atomic mass is 9.98. The first-order valence-electron chi connectivity index (χ1n) is 14.4. The molecule has 0 aromatic heterocycles. The zero-order chi connectivity index (χ0) is 27.8. The molecule has 210 valence electrons. The highest BCUT2D eigenvalue weighted by Gasteiger charge is 2.27. The third-order valence-electron chi connectivity index (χ3n) is 7.71. The van der Waals surface area contributed by atoms with E-state index in [-0.39, 0.29) is 24.9 Å². The summed E-state index contributed by atoms with van der Waals surface area (Å²) in [5.41, 5.74) is 5.91. The van der Waals surface area contributed by atoms with Crippen LogP contribution >= 0.6 is 0 Å². The number of hydrogen-bond donors (Lipinski definition) is 2. The first kappa shape index (κ1) is 28.8. The van der Waals surface area contributed by atoms with Gasteiger partial charge in [-0.15, -0.1) is 0 Å². The quantitative estimate of drug-likeness (QED) is 0.387. The maximum Gasteiger partial charge on any atom is 0.256 e. The van der Waals surface area contributed by atoms with Crippen molar-refractivity contribution in [2.75, 3.05) is 51.2 Å². The van der Waals surface area contributed by atoms with Crippen molar-refractivity contribution >= 4 is 23.1 Å². The molecule has 2 amide bonds. The predicted molar refractivity (Wildman–Crippen MR) is 157 cm³/mol. The molecular weight excluding hydrogens is 488 g/mol. The third kappa shape index (κ3) is 7.25. The van der Waals surface area contributed by atoms with Crippen LogP contribution in [0.5, 0.6) is 0 Å². The Labute approximate surface area is 232 Å². The van der Waals surface area contributed by atoms with Crippen LogP contribution in [0.15, 0.2) is 41.4 Å². The Kier molecular flexibility index (Phi) is 10.1. The van der Waals surface area contributed by atoms with E-state index in [9.17, 15) is 9.59 Å². The van der Waals surface area contributed by atoms with Crippen molar-refractivity contribution in [1.29, 1.82) is 0 Å². The molecule has 0 aliphatic carbocycles. The lowest BCUT2D eigenvalue weighted by molar-refractivity contribution is -0.145. The molecule has 0 saturated heterocycles. The first-order chi connectivity index (χ1) is 18.9. The second-order valence-corrected chi connectivity index (χ2v) is 10.6. The van der Waals surface area contributed by atoms with E-state index >= 15 is 0 Å². The van der Waals surface area contributed by atoms with Crippen molar-refractivity contribution in [1.82, 2.24) is 20.7 Å². The SMILES string of the molecule is CCCCC1=c2cc(C)c(N(CC(=O)NCCNCC)CC(=O)N(C)N3Cc4ccccc4C3)cc2=NCC1. The van der Waals surface area contributed by atoms with Crippen LogP contribution in [-0.4, -0.2) is 68.1 Å². The summed E-state index contributed by atoms with van der Waals surface area (Å²) in [4.78, 5) is 33.3. The normalized spacial score (nSPS) is 14.4. The van der Waals surface area contributed by atoms with E-state index in [1.807, 2.05) is 31.0 Å². The molecule has 0 radical (unpaired) electrons. The maximum atomic E-state index is 13.6. The average Bonchev–Trinajstić information content (AvgIpc) is 3.37. The topological polar surface area (TPSA) is 80.3 Å². The van der Waals surface area contributed by atoms with Crippen molar-refractivity contribution < 1.29 is 9.59 Å². The zero-order valence-corrected chi connectivity index (χ0v) is 24.1. The summed E-state index contributed by atoms with van der Waals surface area (Å²) < 4.78 is 0. The highest BCUT2D eigenvalue weighted by Crippen LogP contribution is 2.24. The molecule has 8 nitrogen and oxygen atoms in total. The summed E-state index contributed by atoms with van der Waals surface area (Å²) in [6, 6.07) is 12.6. The minimum Gasteiger partial charge on any atom is -0.353 e. The van der Waals surface area contributed by atoms with Gasteiger partial charge in [0, 0.05) is 45.5 Å². The maximum absolute atomic E-state index is 13.6. The number of rotatable bonds is 13. The summed E-state index contributed by atoms with van der Waals surface area (Å²) in [6.07, 6.45) is 4.44. The van der Waals surface area contributed by atoms with Crippen molar-refractivity contribution in [2.45, 2.75) is 59.5 Å². The summed E-state index contributed by atoms with van der Waals surface area (Å²) in [5, 5.41) is 12.2. The van der Waals surface area contributed by atoms with Gasteiger partial charge in [0.1, 0.15) is 0 Å². The molecule has 2 heterocycles. The van der Waals surface area contributed by atoms with Crippen LogP contribution in [-0.2, 0) is 22.7 Å². The number of unbranched alkanes of at least 4 members (excludes halogenated alkanes) is 1. The van der Waals surface area contributed by atoms with Crippen LogP contribution in [0.25, 0.3) is 5.57 Å². The fourth-order valence-electron chi connectivity index (χ4n) is 5.41. The number of amides is 2. The lowest BCUT2D eigenvalue weighted by Crippen LogP contribution is -2.48. The van der Waals surface area contributed by atoms with E-state index in [0.29, 0.717) is 26.2 Å². The lowest BCUT2D eigenvalue weighted by Gasteiger charge is -2.32. The van der Waals surface area contributed by atoms with Gasteiger partial charge in [-0.3, -0.25) is 19.6 Å². The van der Waals surface area contributed by atoms with Gasteiger partial charge in [-0.1, -0.05) is 50.1 Å². The molecule has 2 aromatic carbocycles. The summed E-state index contributed by atoms with van der Waals surface area (Å²) in [7, 11) is 1.83. The number of nitrogens with one attached hydrogen (secondary N) is 2. The van der Waals surface area contributed by atoms with Gasteiger partial charge in [0.15, 0.2) is 0 Å². The molecule has 2 N–H and O–H groups in total. The molecule has 0 saturated carbocycles. The Morgan fingerprint density at radius 1 is 1.05 bits per heavy atom. The summed E-state index contributed by atoms with van der Waals surface area (Å²) in [6.45, 7) is 10.9. The molecule has 0 unspecified atom stereocenters. The smallest absolute Gasteiger partial charge is 0.256 e. The number of fused-ring (bicyclic) bond motifs is 2. The second kappa shape index (κ2) is 13.7. The molecule has 2 aromatic rings. The van der Waals surface area contributed by atoms with Gasteiger partial charge in [0.25, 0.3) is 5.91 Å². The molecule has 4 rings (SSSR count). The second-order valence-electron chi connectivity index (χ2n) is 10.6. The number of nitrogens with zero attached hydrogens (tertiary/aromatic N) is 4. The van der Waals surface area contributed by atoms with Crippen molar-refractivity contribution in [3.63, 3.8) is 0 Å². The van der Waals surface area contributed by atoms with Gasteiger partial charge in [-0.05, 0) is 66.8 Å². The van der Waals surface area contributed by atoms with Gasteiger partial charge in [-0.25, -0.2) is 5.01 Å². The number of hydrogen-bond acceptors (Lipinski definition) is 6. The van der Waals surface area contributed by atoms with Crippen LogP contribution in [0.1, 0.15) is 56.2 Å². The number of carbonyl (C=O) groups excluding carboxylic acids is 2. The van der Waals surface area contributed by atoms with Gasteiger partial charge in [-0.2, -0.15) is 0 Å². The third-order valence-corrected chi connectivity index (χ3v) is 7.71. The molecule has 2 aliphatic rings. The highest BCUT2D eigenvalue weighted by molar-refractivity contribution is 5.86. The fraction of sp³-hybridized carbons (Fsp3) is 0.516. The molecule has 0 atom stereocenters. The molecule has 0 bridgehead atoms. The van der Waals surface area contributed by atoms with Crippen molar-refractivity contribution in [3.05, 3.63) is 63.7 Å². The van der Waals surface area contributed by atoms with E-state index in [1.54, 1.807) is 5.01 Å². The highest BCUT2D eigenvalue weighted by atomic mass is 16.2. The minimum atomic E-state index is -0.0961. The number of hydrazine groups is 1. The molecular formula is C31H44N6O2. The number of likely N-dealkylation sites (N-methyl/N-ethyl adjacent to an activating group) is 2. The zero-order valence-electron chi connectivity index (χ0n) is 24.1. The van der Waals surface area contributed by atoms with E-state index in [0.717, 1.165) is 42.5 Å². The average molecular weight is 533 g/mol. The van der Waals surface area contributed by atoms with Crippen LogP contribution in [0.3, 0.4) is 0 Å². The van der Waals surface area contributed by atoms with Gasteiger partial charge >= 0.3 is 0 Å². The minimum absolute atomic E-state index is 0.0486. The number of aryl methyl sites for hydroxylation is 1. The van der Waals surface area contributed by atoms with Gasteiger partial charge < -0.3 is 15.5 Å². The van der Waals surface area contributed by atoms with Crippen LogP contribution < -0.4 is 26.1 Å². The van der Waals surface area contributed by atoms with E-state index in [4.69, 9.17) is 4.99 Å². The number of anilines is 1. The van der Waals surface area contributed by atoms with Crippen LogP contribution in [0.2, 0.25) is 0 Å². The number of carbonyl (C=O) groups is 2. The van der Waals surface area contributed by atoms with Crippen molar-refractivity contribution in [3.8, 4) is 0 Å². The predicted octanol–water partition coefficient (Wildman–Crippen LogP) is 2.28. The van der Waals surface area contributed by atoms with Crippen LogP contribution in [0, 0.1) is 6.92 Å². The molecule has 0 fully saturated rings. The Hall–Kier alpha value is -3.23. The largest absolute Gasteiger partial charge is 0.353 e. The van der Waals surface area contributed by atoms with E-state index in [1.165, 1.54) is 34.8 Å². The first-order valence-corrected chi connectivity index (χ1v) is 14.4. The van der Waals surface area contributed by atoms with Crippen molar-refractivity contribution in [2.24, 2.45) is 4.99 Å². The molecule has 0 spiro atoms. The number of benzene rings is 2. The van der Waals surface area contributed by atoms with Gasteiger partial charge in [0.05, 0.1) is 18.4 Å². The van der Waals surface area contributed by atoms with Gasteiger partial charge in [0.2, 0.25) is 5.91 Å².